The van der Waals surface area contributed by atoms with E-state index < -0.39 is 16.1 Å². The van der Waals surface area contributed by atoms with Crippen molar-refractivity contribution >= 4 is 10.0 Å². The molecule has 0 unspecified atom stereocenters. The Balaban J connectivity index is 1.42. The van der Waals surface area contributed by atoms with Gasteiger partial charge in [-0.1, -0.05) is 36.4 Å². The van der Waals surface area contributed by atoms with Crippen LogP contribution >= 0.6 is 0 Å². The van der Waals surface area contributed by atoms with Gasteiger partial charge in [0.25, 0.3) is 0 Å². The minimum Gasteiger partial charge on any atom is -0.372 e. The van der Waals surface area contributed by atoms with E-state index in [0.717, 1.165) is 30.4 Å². The molecule has 0 spiro atoms. The molecule has 0 radical (unpaired) electrons. The van der Waals surface area contributed by atoms with Crippen LogP contribution in [0.3, 0.4) is 0 Å². The van der Waals surface area contributed by atoms with Crippen molar-refractivity contribution in [1.29, 1.82) is 0 Å². The number of hydrogen-bond donors (Lipinski definition) is 1. The van der Waals surface area contributed by atoms with Crippen LogP contribution in [0.1, 0.15) is 47.2 Å². The van der Waals surface area contributed by atoms with Crippen molar-refractivity contribution in [2.45, 2.75) is 56.3 Å². The molecule has 1 fully saturated rings. The highest BCUT2D eigenvalue weighted by Crippen LogP contribution is 2.37. The van der Waals surface area contributed by atoms with Crippen molar-refractivity contribution in [2.24, 2.45) is 0 Å². The lowest BCUT2D eigenvalue weighted by Crippen LogP contribution is -2.32. The molecule has 1 aliphatic carbocycles. The third-order valence-electron chi connectivity index (χ3n) is 6.13. The maximum absolute atomic E-state index is 13.6. The van der Waals surface area contributed by atoms with Crippen LogP contribution in [0.4, 0.5) is 0 Å². The molecule has 1 aromatic heterocycles. The molecule has 1 N–H and O–H groups in total. The number of aryl methyl sites for hydroxylation is 3. The van der Waals surface area contributed by atoms with Crippen LogP contribution < -0.4 is 0 Å². The van der Waals surface area contributed by atoms with Gasteiger partial charge in [-0.2, -0.15) is 9.40 Å². The number of benzene rings is 2. The van der Waals surface area contributed by atoms with Gasteiger partial charge in [0, 0.05) is 6.54 Å². The van der Waals surface area contributed by atoms with Gasteiger partial charge in [-0.3, -0.25) is 5.10 Å². The summed E-state index contributed by atoms with van der Waals surface area (Å²) in [6.07, 6.45) is 3.33. The van der Waals surface area contributed by atoms with Crippen molar-refractivity contribution in [1.82, 2.24) is 19.5 Å². The Morgan fingerprint density at radius 1 is 1.13 bits per heavy atom. The van der Waals surface area contributed by atoms with Gasteiger partial charge in [-0.25, -0.2) is 13.4 Å². The first-order valence-electron chi connectivity index (χ1n) is 10.7. The van der Waals surface area contributed by atoms with Crippen molar-refractivity contribution < 1.29 is 13.2 Å². The second kappa shape index (κ2) is 8.18. The Morgan fingerprint density at radius 3 is 2.71 bits per heavy atom. The van der Waals surface area contributed by atoms with E-state index >= 15 is 0 Å². The number of aromatic amines is 1. The van der Waals surface area contributed by atoms with Crippen molar-refractivity contribution in [2.75, 3.05) is 6.54 Å². The molecule has 2 atom stereocenters. The zero-order chi connectivity index (χ0) is 21.4. The largest absolute Gasteiger partial charge is 0.372 e. The average Bonchev–Trinajstić information content (AvgIpc) is 3.51. The third kappa shape index (κ3) is 4.03. The SMILES string of the molecule is Cc1nc([C@@H]2C[C@H](OCc3ccccc3)CN2S(=O)(=O)c2ccc3c(c2)CCC3)n[nH]1. The molecule has 31 heavy (non-hydrogen) atoms. The fourth-order valence-electron chi connectivity index (χ4n) is 4.53. The van der Waals surface area contributed by atoms with E-state index in [1.54, 1.807) is 6.07 Å². The van der Waals surface area contributed by atoms with Crippen LogP contribution in [0.25, 0.3) is 0 Å². The van der Waals surface area contributed by atoms with Gasteiger partial charge in [-0.05, 0) is 61.4 Å². The highest BCUT2D eigenvalue weighted by Gasteiger charge is 2.43. The van der Waals surface area contributed by atoms with Crippen LogP contribution in [0.15, 0.2) is 53.4 Å². The number of aromatic nitrogens is 3. The van der Waals surface area contributed by atoms with Gasteiger partial charge in [0.1, 0.15) is 5.82 Å². The summed E-state index contributed by atoms with van der Waals surface area (Å²) in [7, 11) is -3.70. The standard InChI is InChI=1S/C23H26N4O3S/c1-16-24-23(26-25-16)22-13-20(30-15-17-6-3-2-4-7-17)14-27(22)31(28,29)21-11-10-18-8-5-9-19(18)12-21/h2-4,6-7,10-12,20,22H,5,8-9,13-15H2,1H3,(H,24,25,26)/t20-,22-/m0/s1. The quantitative estimate of drug-likeness (QED) is 0.638. The molecule has 3 aromatic rings. The summed E-state index contributed by atoms with van der Waals surface area (Å²) >= 11 is 0. The zero-order valence-electron chi connectivity index (χ0n) is 17.5. The van der Waals surface area contributed by atoms with Crippen molar-refractivity contribution in [3.05, 3.63) is 76.9 Å². The van der Waals surface area contributed by atoms with Gasteiger partial charge in [0.2, 0.25) is 10.0 Å². The Morgan fingerprint density at radius 2 is 1.94 bits per heavy atom. The normalized spacial score (nSPS) is 21.5. The van der Waals surface area contributed by atoms with Gasteiger partial charge >= 0.3 is 0 Å². The van der Waals surface area contributed by atoms with E-state index in [9.17, 15) is 8.42 Å². The molecule has 2 heterocycles. The summed E-state index contributed by atoms with van der Waals surface area (Å²) in [5.74, 6) is 1.16. The van der Waals surface area contributed by atoms with Gasteiger partial charge < -0.3 is 4.74 Å². The minimum atomic E-state index is -3.70. The number of nitrogens with zero attached hydrogens (tertiary/aromatic N) is 3. The topological polar surface area (TPSA) is 88.2 Å². The predicted molar refractivity (Wildman–Crippen MR) is 116 cm³/mol. The number of H-pyrrole nitrogens is 1. The first-order valence-corrected chi connectivity index (χ1v) is 12.1. The van der Waals surface area contributed by atoms with Gasteiger partial charge in [-0.15, -0.1) is 0 Å². The van der Waals surface area contributed by atoms with Crippen LogP contribution in [-0.4, -0.2) is 40.6 Å². The van der Waals surface area contributed by atoms with Crippen molar-refractivity contribution in [3.63, 3.8) is 0 Å². The van der Waals surface area contributed by atoms with E-state index in [4.69, 9.17) is 4.74 Å². The molecule has 162 valence electrons. The van der Waals surface area contributed by atoms with E-state index in [2.05, 4.69) is 15.2 Å². The molecule has 1 saturated heterocycles. The Hall–Kier alpha value is -2.55. The van der Waals surface area contributed by atoms with Crippen molar-refractivity contribution in [3.8, 4) is 0 Å². The molecule has 7 nitrogen and oxygen atoms in total. The molecule has 5 rings (SSSR count). The maximum Gasteiger partial charge on any atom is 0.243 e. The fourth-order valence-corrected chi connectivity index (χ4v) is 6.21. The Labute approximate surface area is 182 Å². The van der Waals surface area contributed by atoms with Gasteiger partial charge in [0.15, 0.2) is 5.82 Å². The first kappa shape index (κ1) is 20.4. The molecule has 2 aliphatic rings. The number of sulfonamides is 1. The van der Waals surface area contributed by atoms with Crippen LogP contribution in [0, 0.1) is 6.92 Å². The molecular weight excluding hydrogens is 412 g/mol. The first-order chi connectivity index (χ1) is 15.0. The highest BCUT2D eigenvalue weighted by molar-refractivity contribution is 7.89. The summed E-state index contributed by atoms with van der Waals surface area (Å²) in [4.78, 5) is 4.77. The summed E-state index contributed by atoms with van der Waals surface area (Å²) in [6.45, 7) is 2.54. The zero-order valence-corrected chi connectivity index (χ0v) is 18.3. The molecular formula is C23H26N4O3S. The maximum atomic E-state index is 13.6. The van der Waals surface area contributed by atoms with Crippen LogP contribution in [0.5, 0.6) is 0 Å². The summed E-state index contributed by atoms with van der Waals surface area (Å²) in [5, 5.41) is 7.11. The second-order valence-electron chi connectivity index (χ2n) is 8.31. The number of hydrogen-bond acceptors (Lipinski definition) is 5. The lowest BCUT2D eigenvalue weighted by atomic mass is 10.1. The summed E-state index contributed by atoms with van der Waals surface area (Å²) in [5.41, 5.74) is 3.46. The third-order valence-corrected chi connectivity index (χ3v) is 8.01. The second-order valence-corrected chi connectivity index (χ2v) is 10.2. The monoisotopic (exact) mass is 438 g/mol. The average molecular weight is 439 g/mol. The van der Waals surface area contributed by atoms with E-state index in [1.807, 2.05) is 49.4 Å². The summed E-state index contributed by atoms with van der Waals surface area (Å²) < 4.78 is 34.9. The van der Waals surface area contributed by atoms with E-state index in [-0.39, 0.29) is 12.6 Å². The molecule has 2 aromatic carbocycles. The smallest absolute Gasteiger partial charge is 0.243 e. The summed E-state index contributed by atoms with van der Waals surface area (Å²) in [6, 6.07) is 15.0. The lowest BCUT2D eigenvalue weighted by Gasteiger charge is -2.22. The number of ether oxygens (including phenoxy) is 1. The highest BCUT2D eigenvalue weighted by atomic mass is 32.2. The Kier molecular flexibility index (Phi) is 5.37. The number of fused-ring (bicyclic) bond motifs is 1. The van der Waals surface area contributed by atoms with Crippen LogP contribution in [-0.2, 0) is 34.2 Å². The molecule has 8 heteroatoms. The number of rotatable bonds is 6. The van der Waals surface area contributed by atoms with Gasteiger partial charge in [0.05, 0.1) is 23.6 Å². The van der Waals surface area contributed by atoms with Crippen LogP contribution in [0.2, 0.25) is 0 Å². The molecule has 0 bridgehead atoms. The van der Waals surface area contributed by atoms with E-state index in [1.165, 1.54) is 9.87 Å². The number of nitrogens with one attached hydrogen (secondary N) is 1. The fraction of sp³-hybridized carbons (Fsp3) is 0.391. The minimum absolute atomic E-state index is 0.229. The van der Waals surface area contributed by atoms with E-state index in [0.29, 0.717) is 29.6 Å². The Bertz CT molecular complexity index is 1180. The molecule has 1 aliphatic heterocycles. The molecule has 0 saturated carbocycles. The predicted octanol–water partition coefficient (Wildman–Crippen LogP) is 3.32. The molecule has 0 amide bonds. The lowest BCUT2D eigenvalue weighted by molar-refractivity contribution is 0.0501.